The Kier molecular flexibility index (Phi) is 8.33. The van der Waals surface area contributed by atoms with Crippen molar-refractivity contribution >= 4 is 27.5 Å². The van der Waals surface area contributed by atoms with Crippen molar-refractivity contribution in [3.8, 4) is 33.3 Å². The zero-order valence-electron chi connectivity index (χ0n) is 25.9. The fourth-order valence-electron chi connectivity index (χ4n) is 5.80. The molecule has 3 aromatic carbocycles. The van der Waals surface area contributed by atoms with Crippen LogP contribution in [0.25, 0.3) is 31.9 Å². The number of pyridine rings is 1. The SMILES string of the molecule is Cc1cc2nc(-c3ccnc(OCc4ccccc4)c3)sc2c(-c2cc(F)c3c(c2C)CCCO3)c1[C@H](OC(C)(C)C)C(=O)O. The van der Waals surface area contributed by atoms with Gasteiger partial charge in [-0.1, -0.05) is 30.3 Å². The van der Waals surface area contributed by atoms with Gasteiger partial charge in [0.05, 0.1) is 22.4 Å². The molecule has 5 aromatic rings. The summed E-state index contributed by atoms with van der Waals surface area (Å²) in [5.74, 6) is -0.843. The summed E-state index contributed by atoms with van der Waals surface area (Å²) in [4.78, 5) is 22.2. The van der Waals surface area contributed by atoms with E-state index >= 15 is 4.39 Å². The van der Waals surface area contributed by atoms with Gasteiger partial charge >= 0.3 is 5.97 Å². The van der Waals surface area contributed by atoms with Gasteiger partial charge in [0.25, 0.3) is 0 Å². The third kappa shape index (κ3) is 6.28. The number of aliphatic carboxylic acids is 1. The molecule has 9 heteroatoms. The van der Waals surface area contributed by atoms with Gasteiger partial charge < -0.3 is 19.3 Å². The smallest absolute Gasteiger partial charge is 0.337 e. The van der Waals surface area contributed by atoms with Crippen molar-refractivity contribution in [2.24, 2.45) is 0 Å². The molecular formula is C36H35FN2O5S. The van der Waals surface area contributed by atoms with Gasteiger partial charge in [-0.25, -0.2) is 19.2 Å². The third-order valence-electron chi connectivity index (χ3n) is 7.80. The van der Waals surface area contributed by atoms with Crippen LogP contribution in [0.4, 0.5) is 4.39 Å². The molecule has 0 aliphatic carbocycles. The van der Waals surface area contributed by atoms with E-state index < -0.39 is 23.5 Å². The van der Waals surface area contributed by atoms with Crippen LogP contribution >= 0.6 is 11.3 Å². The van der Waals surface area contributed by atoms with Crippen LogP contribution in [-0.2, 0) is 22.6 Å². The number of ether oxygens (including phenoxy) is 3. The molecule has 0 bridgehead atoms. The first-order valence-corrected chi connectivity index (χ1v) is 15.7. The highest BCUT2D eigenvalue weighted by molar-refractivity contribution is 7.22. The number of carboxylic acid groups (broad SMARTS) is 1. The maximum atomic E-state index is 15.7. The fraction of sp³-hybridized carbons (Fsp3) is 0.306. The van der Waals surface area contributed by atoms with E-state index in [1.807, 2.05) is 83.1 Å². The number of carbonyl (C=O) groups is 1. The van der Waals surface area contributed by atoms with Crippen LogP contribution in [0.3, 0.4) is 0 Å². The minimum absolute atomic E-state index is 0.276. The summed E-state index contributed by atoms with van der Waals surface area (Å²) < 4.78 is 34.3. The molecule has 0 radical (unpaired) electrons. The lowest BCUT2D eigenvalue weighted by Crippen LogP contribution is -2.28. The van der Waals surface area contributed by atoms with Crippen LogP contribution in [0.15, 0.2) is 60.8 Å². The van der Waals surface area contributed by atoms with Gasteiger partial charge in [0.1, 0.15) is 11.6 Å². The van der Waals surface area contributed by atoms with Crippen LogP contribution in [0.2, 0.25) is 0 Å². The minimum atomic E-state index is -1.29. The zero-order chi connectivity index (χ0) is 31.9. The Bertz CT molecular complexity index is 1900. The lowest BCUT2D eigenvalue weighted by atomic mass is 9.86. The number of thiazole rings is 1. The Balaban J connectivity index is 1.54. The number of hydrogen-bond donors (Lipinski definition) is 1. The molecule has 0 amide bonds. The van der Waals surface area contributed by atoms with Crippen molar-refractivity contribution in [1.82, 2.24) is 9.97 Å². The molecule has 1 atom stereocenters. The van der Waals surface area contributed by atoms with E-state index in [-0.39, 0.29) is 5.75 Å². The van der Waals surface area contributed by atoms with E-state index in [9.17, 15) is 9.90 Å². The number of aryl methyl sites for hydroxylation is 1. The van der Waals surface area contributed by atoms with Crippen LogP contribution in [0, 0.1) is 19.7 Å². The summed E-state index contributed by atoms with van der Waals surface area (Å²) in [6.45, 7) is 10.1. The molecule has 1 aliphatic rings. The van der Waals surface area contributed by atoms with Crippen LogP contribution in [0.5, 0.6) is 11.6 Å². The summed E-state index contributed by atoms with van der Waals surface area (Å²) in [7, 11) is 0. The molecule has 7 nitrogen and oxygen atoms in total. The second kappa shape index (κ2) is 12.2. The normalized spacial score (nSPS) is 13.7. The summed E-state index contributed by atoms with van der Waals surface area (Å²) in [5, 5.41) is 11.2. The van der Waals surface area contributed by atoms with Crippen LogP contribution in [-0.4, -0.2) is 33.3 Å². The summed E-state index contributed by atoms with van der Waals surface area (Å²) in [6, 6.07) is 16.9. The Morgan fingerprint density at radius 2 is 1.91 bits per heavy atom. The molecule has 0 unspecified atom stereocenters. The number of fused-ring (bicyclic) bond motifs is 2. The Morgan fingerprint density at radius 1 is 1.13 bits per heavy atom. The minimum Gasteiger partial charge on any atom is -0.490 e. The van der Waals surface area contributed by atoms with Gasteiger partial charge in [-0.3, -0.25) is 0 Å². The number of halogens is 1. The number of rotatable bonds is 8. The summed E-state index contributed by atoms with van der Waals surface area (Å²) >= 11 is 1.42. The number of nitrogens with zero attached hydrogens (tertiary/aromatic N) is 2. The summed E-state index contributed by atoms with van der Waals surface area (Å²) in [5.41, 5.74) is 5.84. The largest absolute Gasteiger partial charge is 0.490 e. The van der Waals surface area contributed by atoms with Crippen molar-refractivity contribution in [3.05, 3.63) is 94.4 Å². The predicted molar refractivity (Wildman–Crippen MR) is 174 cm³/mol. The van der Waals surface area contributed by atoms with Gasteiger partial charge in [0.15, 0.2) is 17.7 Å². The molecule has 1 aliphatic heterocycles. The topological polar surface area (TPSA) is 90.8 Å². The second-order valence-electron chi connectivity index (χ2n) is 12.2. The number of carboxylic acids is 1. The highest BCUT2D eigenvalue weighted by Gasteiger charge is 2.34. The first-order valence-electron chi connectivity index (χ1n) is 14.9. The molecule has 0 spiro atoms. The molecule has 0 saturated heterocycles. The number of hydrogen-bond acceptors (Lipinski definition) is 7. The predicted octanol–water partition coefficient (Wildman–Crippen LogP) is 8.63. The molecule has 2 aromatic heterocycles. The molecule has 3 heterocycles. The Morgan fingerprint density at radius 3 is 2.64 bits per heavy atom. The van der Waals surface area contributed by atoms with E-state index in [1.165, 1.54) is 17.4 Å². The molecular weight excluding hydrogens is 591 g/mol. The van der Waals surface area contributed by atoms with Gasteiger partial charge in [0.2, 0.25) is 5.88 Å². The average molecular weight is 627 g/mol. The van der Waals surface area contributed by atoms with E-state index in [2.05, 4.69) is 4.98 Å². The zero-order valence-corrected chi connectivity index (χ0v) is 26.8. The van der Waals surface area contributed by atoms with Crippen molar-refractivity contribution in [1.29, 1.82) is 0 Å². The molecule has 0 saturated carbocycles. The highest BCUT2D eigenvalue weighted by Crippen LogP contribution is 2.47. The fourth-order valence-corrected chi connectivity index (χ4v) is 6.91. The summed E-state index contributed by atoms with van der Waals surface area (Å²) in [6.07, 6.45) is 1.84. The maximum Gasteiger partial charge on any atom is 0.337 e. The first kappa shape index (κ1) is 30.7. The highest BCUT2D eigenvalue weighted by atomic mass is 32.1. The molecule has 0 fully saturated rings. The molecule has 232 valence electrons. The van der Waals surface area contributed by atoms with Crippen molar-refractivity contribution in [2.75, 3.05) is 6.61 Å². The van der Waals surface area contributed by atoms with E-state index in [0.29, 0.717) is 58.3 Å². The lowest BCUT2D eigenvalue weighted by molar-refractivity contribution is -0.160. The van der Waals surface area contributed by atoms with E-state index in [1.54, 1.807) is 6.20 Å². The molecule has 6 rings (SSSR count). The first-order chi connectivity index (χ1) is 21.5. The average Bonchev–Trinajstić information content (AvgIpc) is 3.44. The molecule has 1 N–H and O–H groups in total. The van der Waals surface area contributed by atoms with Gasteiger partial charge in [-0.05, 0) is 87.9 Å². The van der Waals surface area contributed by atoms with Gasteiger partial charge in [-0.2, -0.15) is 0 Å². The van der Waals surface area contributed by atoms with Crippen LogP contribution < -0.4 is 9.47 Å². The third-order valence-corrected chi connectivity index (χ3v) is 8.94. The van der Waals surface area contributed by atoms with Crippen molar-refractivity contribution in [3.63, 3.8) is 0 Å². The standard InChI is InChI=1S/C36H35FN2O5S/c1-20-16-27-33(45-34(39-27)23-13-14-38-28(17-23)43-19-22-10-7-6-8-11-22)30(29(20)32(35(40)41)44-36(3,4)5)25-18-26(37)31-24(21(25)2)12-9-15-42-31/h6-8,10-11,13-14,16-18,32H,9,12,15,19H2,1-5H3,(H,40,41)/t32-/m0/s1. The van der Waals surface area contributed by atoms with E-state index in [0.717, 1.165) is 33.4 Å². The maximum absolute atomic E-state index is 15.7. The van der Waals surface area contributed by atoms with E-state index in [4.69, 9.17) is 19.2 Å². The Hall–Kier alpha value is -4.34. The van der Waals surface area contributed by atoms with Gasteiger partial charge in [-0.15, -0.1) is 11.3 Å². The van der Waals surface area contributed by atoms with Crippen LogP contribution in [0.1, 0.15) is 61.1 Å². The van der Waals surface area contributed by atoms with Crippen molar-refractivity contribution in [2.45, 2.75) is 65.8 Å². The number of aromatic nitrogens is 2. The Labute approximate surface area is 265 Å². The quantitative estimate of drug-likeness (QED) is 0.184. The second-order valence-corrected chi connectivity index (χ2v) is 13.2. The monoisotopic (exact) mass is 626 g/mol. The van der Waals surface area contributed by atoms with Crippen molar-refractivity contribution < 1.29 is 28.5 Å². The molecule has 45 heavy (non-hydrogen) atoms. The van der Waals surface area contributed by atoms with Gasteiger partial charge in [0, 0.05) is 34.5 Å². The number of benzene rings is 3. The lowest BCUT2D eigenvalue weighted by Gasteiger charge is -2.29.